The van der Waals surface area contributed by atoms with Gasteiger partial charge in [0, 0.05) is 0 Å². The topological polar surface area (TPSA) is 25.8 Å². The van der Waals surface area contributed by atoms with Crippen molar-refractivity contribution in [2.45, 2.75) is 6.43 Å². The van der Waals surface area contributed by atoms with Gasteiger partial charge in [-0.3, -0.25) is 0 Å². The summed E-state index contributed by atoms with van der Waals surface area (Å²) in [5.41, 5.74) is -0.281. The van der Waals surface area contributed by atoms with Crippen LogP contribution in [0, 0.1) is 0 Å². The molecule has 0 amide bonds. The molecule has 2 nitrogen and oxygen atoms in total. The maximum atomic E-state index is 11.9. The molecule has 0 N–H and O–H groups in total. The lowest BCUT2D eigenvalue weighted by Crippen LogP contribution is -1.89. The first kappa shape index (κ1) is 7.34. The average Bonchev–Trinajstić information content (AvgIpc) is 1.88. The molecule has 0 saturated heterocycles. The fourth-order valence-corrected chi connectivity index (χ4v) is 0.676. The number of aromatic nitrogens is 2. The van der Waals surface area contributed by atoms with Crippen molar-refractivity contribution in [2.75, 3.05) is 0 Å². The number of hydrogen-bond acceptors (Lipinski definition) is 2. The highest BCUT2D eigenvalue weighted by molar-refractivity contribution is 6.30. The van der Waals surface area contributed by atoms with Crippen molar-refractivity contribution in [3.8, 4) is 0 Å². The first-order valence-corrected chi connectivity index (χ1v) is 2.85. The standard InChI is InChI=1S/C5H3ClF2N2/c6-4-3(5(7)8)1-2-9-10-4/h1-2,5H. The molecule has 0 saturated carbocycles. The Labute approximate surface area is 60.8 Å². The molecule has 1 aromatic heterocycles. The summed E-state index contributed by atoms with van der Waals surface area (Å²) in [6.45, 7) is 0. The minimum absolute atomic E-state index is 0.238. The molecule has 1 heterocycles. The molecule has 1 aromatic rings. The van der Waals surface area contributed by atoms with Crippen LogP contribution in [-0.2, 0) is 0 Å². The van der Waals surface area contributed by atoms with Gasteiger partial charge in [-0.1, -0.05) is 11.6 Å². The molecule has 0 bridgehead atoms. The van der Waals surface area contributed by atoms with Gasteiger partial charge in [0.25, 0.3) is 6.43 Å². The van der Waals surface area contributed by atoms with Gasteiger partial charge in [0.2, 0.25) is 0 Å². The quantitative estimate of drug-likeness (QED) is 0.635. The highest BCUT2D eigenvalue weighted by atomic mass is 35.5. The van der Waals surface area contributed by atoms with Gasteiger partial charge in [0.15, 0.2) is 5.15 Å². The molecule has 5 heteroatoms. The first-order valence-electron chi connectivity index (χ1n) is 2.47. The monoisotopic (exact) mass is 164 g/mol. The summed E-state index contributed by atoms with van der Waals surface area (Å²) in [5.74, 6) is 0. The fourth-order valence-electron chi connectivity index (χ4n) is 0.487. The third-order valence-electron chi connectivity index (χ3n) is 0.940. The van der Waals surface area contributed by atoms with Crippen molar-refractivity contribution >= 4 is 11.6 Å². The van der Waals surface area contributed by atoms with Gasteiger partial charge in [-0.2, -0.15) is 5.10 Å². The Morgan fingerprint density at radius 2 is 2.20 bits per heavy atom. The van der Waals surface area contributed by atoms with Gasteiger partial charge in [0.1, 0.15) is 0 Å². The third kappa shape index (κ3) is 1.39. The number of halogens is 3. The number of nitrogens with zero attached hydrogens (tertiary/aromatic N) is 2. The molecule has 0 radical (unpaired) electrons. The summed E-state index contributed by atoms with van der Waals surface area (Å²) in [7, 11) is 0. The van der Waals surface area contributed by atoms with Crippen molar-refractivity contribution in [3.05, 3.63) is 23.0 Å². The van der Waals surface area contributed by atoms with E-state index < -0.39 is 6.43 Å². The van der Waals surface area contributed by atoms with E-state index in [4.69, 9.17) is 11.6 Å². The van der Waals surface area contributed by atoms with Crippen molar-refractivity contribution in [1.29, 1.82) is 0 Å². The van der Waals surface area contributed by atoms with E-state index in [9.17, 15) is 8.78 Å². The smallest absolute Gasteiger partial charge is 0.205 e. The van der Waals surface area contributed by atoms with E-state index in [1.807, 2.05) is 0 Å². The molecular weight excluding hydrogens is 162 g/mol. The van der Waals surface area contributed by atoms with Crippen LogP contribution in [0.4, 0.5) is 8.78 Å². The maximum Gasteiger partial charge on any atom is 0.266 e. The molecule has 10 heavy (non-hydrogen) atoms. The van der Waals surface area contributed by atoms with Crippen LogP contribution in [0.2, 0.25) is 5.15 Å². The second kappa shape index (κ2) is 2.88. The third-order valence-corrected chi connectivity index (χ3v) is 1.23. The minimum Gasteiger partial charge on any atom is -0.205 e. The first-order chi connectivity index (χ1) is 4.72. The molecule has 0 atom stereocenters. The summed E-state index contributed by atoms with van der Waals surface area (Å²) in [6, 6.07) is 1.14. The second-order valence-electron chi connectivity index (χ2n) is 1.58. The van der Waals surface area contributed by atoms with Crippen LogP contribution < -0.4 is 0 Å². The normalized spacial score (nSPS) is 10.4. The molecule has 54 valence electrons. The van der Waals surface area contributed by atoms with E-state index >= 15 is 0 Å². The van der Waals surface area contributed by atoms with Crippen LogP contribution in [0.15, 0.2) is 12.3 Å². The summed E-state index contributed by atoms with van der Waals surface area (Å²) in [4.78, 5) is 0. The zero-order valence-corrected chi connectivity index (χ0v) is 5.52. The molecule has 0 aliphatic carbocycles. The molecule has 0 spiro atoms. The lowest BCUT2D eigenvalue weighted by Gasteiger charge is -1.97. The van der Waals surface area contributed by atoms with Crippen LogP contribution in [0.1, 0.15) is 12.0 Å². The van der Waals surface area contributed by atoms with Gasteiger partial charge in [-0.05, 0) is 6.07 Å². The average molecular weight is 165 g/mol. The molecule has 1 rings (SSSR count). The molecule has 0 fully saturated rings. The molecular formula is C5H3ClF2N2. The molecule has 0 aromatic carbocycles. The zero-order chi connectivity index (χ0) is 7.56. The number of hydrogen-bond donors (Lipinski definition) is 0. The van der Waals surface area contributed by atoms with Crippen LogP contribution in [0.3, 0.4) is 0 Å². The molecule has 0 aliphatic rings. The van der Waals surface area contributed by atoms with E-state index in [-0.39, 0.29) is 10.7 Å². The number of alkyl halides is 2. The zero-order valence-electron chi connectivity index (χ0n) is 4.76. The van der Waals surface area contributed by atoms with E-state index in [2.05, 4.69) is 10.2 Å². The van der Waals surface area contributed by atoms with Crippen molar-refractivity contribution in [3.63, 3.8) is 0 Å². The van der Waals surface area contributed by atoms with E-state index in [0.717, 1.165) is 6.07 Å². The Hall–Kier alpha value is -0.770. The Balaban J connectivity index is 3.03. The lowest BCUT2D eigenvalue weighted by atomic mass is 10.3. The minimum atomic E-state index is -2.58. The van der Waals surface area contributed by atoms with Gasteiger partial charge in [-0.15, -0.1) is 5.10 Å². The van der Waals surface area contributed by atoms with Crippen LogP contribution in [0.25, 0.3) is 0 Å². The highest BCUT2D eigenvalue weighted by Gasteiger charge is 2.11. The van der Waals surface area contributed by atoms with Gasteiger partial charge >= 0.3 is 0 Å². The Morgan fingerprint density at radius 3 is 2.60 bits per heavy atom. The van der Waals surface area contributed by atoms with Gasteiger partial charge in [-0.25, -0.2) is 8.78 Å². The van der Waals surface area contributed by atoms with Crippen LogP contribution in [-0.4, -0.2) is 10.2 Å². The van der Waals surface area contributed by atoms with Crippen molar-refractivity contribution in [1.82, 2.24) is 10.2 Å². The van der Waals surface area contributed by atoms with Gasteiger partial charge in [0.05, 0.1) is 11.8 Å². The van der Waals surface area contributed by atoms with E-state index in [1.165, 1.54) is 6.20 Å². The fraction of sp³-hybridized carbons (Fsp3) is 0.200. The summed E-state index contributed by atoms with van der Waals surface area (Å²) >= 11 is 5.27. The van der Waals surface area contributed by atoms with Crippen LogP contribution in [0.5, 0.6) is 0 Å². The second-order valence-corrected chi connectivity index (χ2v) is 1.94. The summed E-state index contributed by atoms with van der Waals surface area (Å²) < 4.78 is 23.8. The predicted octanol–water partition coefficient (Wildman–Crippen LogP) is 2.07. The van der Waals surface area contributed by atoms with Gasteiger partial charge < -0.3 is 0 Å². The van der Waals surface area contributed by atoms with Crippen molar-refractivity contribution < 1.29 is 8.78 Å². The van der Waals surface area contributed by atoms with E-state index in [1.54, 1.807) is 0 Å². The summed E-state index contributed by atoms with van der Waals surface area (Å²) in [6.07, 6.45) is -1.41. The Bertz CT molecular complexity index is 229. The Morgan fingerprint density at radius 1 is 1.50 bits per heavy atom. The predicted molar refractivity (Wildman–Crippen MR) is 32.0 cm³/mol. The molecule has 0 unspecified atom stereocenters. The highest BCUT2D eigenvalue weighted by Crippen LogP contribution is 2.23. The molecule has 0 aliphatic heterocycles. The maximum absolute atomic E-state index is 11.9. The van der Waals surface area contributed by atoms with E-state index in [0.29, 0.717) is 0 Å². The summed E-state index contributed by atoms with van der Waals surface area (Å²) in [5, 5.41) is 6.31. The lowest BCUT2D eigenvalue weighted by molar-refractivity contribution is 0.151. The van der Waals surface area contributed by atoms with Crippen LogP contribution >= 0.6 is 11.6 Å². The Kier molecular flexibility index (Phi) is 2.11. The van der Waals surface area contributed by atoms with Crippen molar-refractivity contribution in [2.24, 2.45) is 0 Å². The SMILES string of the molecule is FC(F)c1ccnnc1Cl. The largest absolute Gasteiger partial charge is 0.266 e. The number of rotatable bonds is 1.